The van der Waals surface area contributed by atoms with Gasteiger partial charge in [-0.3, -0.25) is 0 Å². The second-order valence-corrected chi connectivity index (χ2v) is 4.74. The second-order valence-electron chi connectivity index (χ2n) is 4.74. The topological polar surface area (TPSA) is 21.3 Å². The summed E-state index contributed by atoms with van der Waals surface area (Å²) in [6, 6.07) is 14.8. The van der Waals surface area contributed by atoms with E-state index < -0.39 is 0 Å². The Kier molecular flexibility index (Phi) is 5.13. The molecule has 0 aliphatic heterocycles. The highest BCUT2D eigenvalue weighted by Gasteiger charge is 2.06. The lowest BCUT2D eigenvalue weighted by atomic mass is 10.1. The molecule has 2 nitrogen and oxygen atoms in total. The molecule has 106 valence electrons. The van der Waals surface area contributed by atoms with Crippen LogP contribution in [-0.4, -0.2) is 6.61 Å². The summed E-state index contributed by atoms with van der Waals surface area (Å²) in [4.78, 5) is 0. The van der Waals surface area contributed by atoms with E-state index in [1.54, 1.807) is 12.1 Å². The van der Waals surface area contributed by atoms with Crippen LogP contribution in [0.25, 0.3) is 0 Å². The lowest BCUT2D eigenvalue weighted by Crippen LogP contribution is -2.18. The fourth-order valence-electron chi connectivity index (χ4n) is 2.08. The van der Waals surface area contributed by atoms with Crippen molar-refractivity contribution in [1.29, 1.82) is 0 Å². The van der Waals surface area contributed by atoms with Crippen LogP contribution in [0.1, 0.15) is 31.0 Å². The molecule has 0 bridgehead atoms. The van der Waals surface area contributed by atoms with Crippen molar-refractivity contribution < 1.29 is 9.13 Å². The summed E-state index contributed by atoms with van der Waals surface area (Å²) in [5.41, 5.74) is 2.10. The molecular formula is C17H20FNO. The third-order valence-corrected chi connectivity index (χ3v) is 3.17. The van der Waals surface area contributed by atoms with Gasteiger partial charge in [-0.25, -0.2) is 4.39 Å². The number of nitrogens with one attached hydrogen (secondary N) is 1. The smallest absolute Gasteiger partial charge is 0.123 e. The average Bonchev–Trinajstić information content (AvgIpc) is 2.45. The van der Waals surface area contributed by atoms with E-state index in [0.29, 0.717) is 6.61 Å². The molecule has 0 heterocycles. The van der Waals surface area contributed by atoms with Gasteiger partial charge in [0, 0.05) is 12.6 Å². The molecule has 0 aromatic heterocycles. The van der Waals surface area contributed by atoms with Gasteiger partial charge in [-0.05, 0) is 49.2 Å². The maximum Gasteiger partial charge on any atom is 0.123 e. The summed E-state index contributed by atoms with van der Waals surface area (Å²) in [6.45, 7) is 5.38. The van der Waals surface area contributed by atoms with Crippen LogP contribution in [0.3, 0.4) is 0 Å². The van der Waals surface area contributed by atoms with Gasteiger partial charge in [0.15, 0.2) is 0 Å². The molecule has 20 heavy (non-hydrogen) atoms. The normalized spacial score (nSPS) is 12.2. The Labute approximate surface area is 119 Å². The van der Waals surface area contributed by atoms with Crippen LogP contribution in [0.5, 0.6) is 5.75 Å². The van der Waals surface area contributed by atoms with Crippen molar-refractivity contribution in [2.45, 2.75) is 26.4 Å². The monoisotopic (exact) mass is 273 g/mol. The molecule has 0 spiro atoms. The zero-order valence-electron chi connectivity index (χ0n) is 11.9. The first-order chi connectivity index (χ1) is 9.69. The number of rotatable bonds is 6. The maximum atomic E-state index is 13.2. The molecule has 2 aromatic rings. The fourth-order valence-corrected chi connectivity index (χ4v) is 2.08. The van der Waals surface area contributed by atoms with Crippen molar-refractivity contribution in [2.24, 2.45) is 0 Å². The summed E-state index contributed by atoms with van der Waals surface area (Å²) in [6.07, 6.45) is 0. The quantitative estimate of drug-likeness (QED) is 0.856. The van der Waals surface area contributed by atoms with Crippen molar-refractivity contribution in [1.82, 2.24) is 5.32 Å². The largest absolute Gasteiger partial charge is 0.494 e. The highest BCUT2D eigenvalue weighted by molar-refractivity contribution is 5.28. The first-order valence-electron chi connectivity index (χ1n) is 6.89. The highest BCUT2D eigenvalue weighted by atomic mass is 19.1. The van der Waals surface area contributed by atoms with E-state index in [1.165, 1.54) is 6.07 Å². The average molecular weight is 273 g/mol. The number of halogens is 1. The molecule has 2 aromatic carbocycles. The Morgan fingerprint density at radius 1 is 1.15 bits per heavy atom. The van der Waals surface area contributed by atoms with Crippen LogP contribution < -0.4 is 10.1 Å². The van der Waals surface area contributed by atoms with Crippen LogP contribution in [0, 0.1) is 5.82 Å². The molecule has 0 fully saturated rings. The molecule has 0 aliphatic carbocycles. The van der Waals surface area contributed by atoms with Crippen LogP contribution >= 0.6 is 0 Å². The first kappa shape index (κ1) is 14.5. The van der Waals surface area contributed by atoms with Crippen molar-refractivity contribution in [3.63, 3.8) is 0 Å². The maximum absolute atomic E-state index is 13.2. The SMILES string of the molecule is CCOc1cccc(CNC(C)c2cccc(F)c2)c1. The van der Waals surface area contributed by atoms with Gasteiger partial charge >= 0.3 is 0 Å². The van der Waals surface area contributed by atoms with E-state index >= 15 is 0 Å². The van der Waals surface area contributed by atoms with E-state index in [9.17, 15) is 4.39 Å². The van der Waals surface area contributed by atoms with E-state index in [1.807, 2.05) is 44.2 Å². The van der Waals surface area contributed by atoms with Gasteiger partial charge in [0.05, 0.1) is 6.61 Å². The van der Waals surface area contributed by atoms with E-state index in [2.05, 4.69) is 5.32 Å². The number of hydrogen-bond donors (Lipinski definition) is 1. The summed E-state index contributed by atoms with van der Waals surface area (Å²) < 4.78 is 18.7. The van der Waals surface area contributed by atoms with Gasteiger partial charge in [-0.2, -0.15) is 0 Å². The Bertz CT molecular complexity index is 556. The minimum Gasteiger partial charge on any atom is -0.494 e. The summed E-state index contributed by atoms with van der Waals surface area (Å²) >= 11 is 0. The fraction of sp³-hybridized carbons (Fsp3) is 0.294. The predicted molar refractivity (Wildman–Crippen MR) is 79.3 cm³/mol. The summed E-state index contributed by atoms with van der Waals surface area (Å²) in [5, 5.41) is 3.39. The lowest BCUT2D eigenvalue weighted by Gasteiger charge is -2.15. The molecular weight excluding hydrogens is 253 g/mol. The Hall–Kier alpha value is -1.87. The van der Waals surface area contributed by atoms with Gasteiger partial charge in [0.25, 0.3) is 0 Å². The van der Waals surface area contributed by atoms with Crippen molar-refractivity contribution >= 4 is 0 Å². The van der Waals surface area contributed by atoms with Gasteiger partial charge in [-0.15, -0.1) is 0 Å². The zero-order valence-corrected chi connectivity index (χ0v) is 11.9. The van der Waals surface area contributed by atoms with Gasteiger partial charge in [0.2, 0.25) is 0 Å². The summed E-state index contributed by atoms with van der Waals surface area (Å²) in [7, 11) is 0. The molecule has 0 amide bonds. The lowest BCUT2D eigenvalue weighted by molar-refractivity contribution is 0.339. The Balaban J connectivity index is 1.96. The van der Waals surface area contributed by atoms with Crippen LogP contribution in [0.4, 0.5) is 4.39 Å². The Morgan fingerprint density at radius 3 is 2.70 bits per heavy atom. The molecule has 1 N–H and O–H groups in total. The third kappa shape index (κ3) is 4.07. The van der Waals surface area contributed by atoms with Gasteiger partial charge in [-0.1, -0.05) is 24.3 Å². The van der Waals surface area contributed by atoms with Crippen molar-refractivity contribution in [2.75, 3.05) is 6.61 Å². The molecule has 3 heteroatoms. The molecule has 2 rings (SSSR count). The van der Waals surface area contributed by atoms with Gasteiger partial charge < -0.3 is 10.1 Å². The number of benzene rings is 2. The molecule has 1 atom stereocenters. The van der Waals surface area contributed by atoms with E-state index in [4.69, 9.17) is 4.74 Å². The second kappa shape index (κ2) is 7.06. The molecule has 0 saturated carbocycles. The van der Waals surface area contributed by atoms with Crippen LogP contribution in [-0.2, 0) is 6.54 Å². The third-order valence-electron chi connectivity index (χ3n) is 3.17. The van der Waals surface area contributed by atoms with Crippen LogP contribution in [0.15, 0.2) is 48.5 Å². The minimum absolute atomic E-state index is 0.0986. The van der Waals surface area contributed by atoms with E-state index in [-0.39, 0.29) is 11.9 Å². The predicted octanol–water partition coefficient (Wildman–Crippen LogP) is 4.08. The molecule has 0 radical (unpaired) electrons. The Morgan fingerprint density at radius 2 is 1.95 bits per heavy atom. The molecule has 0 saturated heterocycles. The summed E-state index contributed by atoms with van der Waals surface area (Å²) in [5.74, 6) is 0.680. The van der Waals surface area contributed by atoms with Crippen molar-refractivity contribution in [3.8, 4) is 5.75 Å². The van der Waals surface area contributed by atoms with E-state index in [0.717, 1.165) is 23.4 Å². The zero-order chi connectivity index (χ0) is 14.4. The number of hydrogen-bond acceptors (Lipinski definition) is 2. The standard InChI is InChI=1S/C17H20FNO/c1-3-20-17-9-4-6-14(10-17)12-19-13(2)15-7-5-8-16(18)11-15/h4-11,13,19H,3,12H2,1-2H3. The van der Waals surface area contributed by atoms with Crippen LogP contribution in [0.2, 0.25) is 0 Å². The number of ether oxygens (including phenoxy) is 1. The first-order valence-corrected chi connectivity index (χ1v) is 6.89. The highest BCUT2D eigenvalue weighted by Crippen LogP contribution is 2.16. The minimum atomic E-state index is -0.200. The van der Waals surface area contributed by atoms with Gasteiger partial charge in [0.1, 0.15) is 11.6 Å². The molecule has 1 unspecified atom stereocenters. The molecule has 0 aliphatic rings. The van der Waals surface area contributed by atoms with Crippen molar-refractivity contribution in [3.05, 3.63) is 65.5 Å².